The zero-order chi connectivity index (χ0) is 12.1. The van der Waals surface area contributed by atoms with Gasteiger partial charge in [-0.05, 0) is 46.5 Å². The molecule has 0 saturated heterocycles. The van der Waals surface area contributed by atoms with E-state index in [1.165, 1.54) is 16.9 Å². The van der Waals surface area contributed by atoms with Crippen LogP contribution in [0.3, 0.4) is 0 Å². The Morgan fingerprint density at radius 3 is 2.53 bits per heavy atom. The fourth-order valence-electron chi connectivity index (χ4n) is 1.69. The monoisotopic (exact) mass is 308 g/mol. The van der Waals surface area contributed by atoms with Crippen molar-refractivity contribution in [3.05, 3.63) is 56.7 Å². The molecule has 0 spiro atoms. The number of Topliss-reactive ketones (excluding diaryl/α,β-unsaturated/α-hetero) is 1. The maximum absolute atomic E-state index is 11.8. The Balaban J connectivity index is 1.81. The van der Waals surface area contributed by atoms with Gasteiger partial charge in [0.1, 0.15) is 0 Å². The number of ketones is 1. The van der Waals surface area contributed by atoms with E-state index < -0.39 is 0 Å². The second-order valence-corrected chi connectivity index (χ2v) is 6.33. The SMILES string of the molecule is O=C(CCCc1ccccc1)c1ccc(Br)s1. The molecule has 1 heterocycles. The molecule has 1 aromatic heterocycles. The molecule has 0 radical (unpaired) electrons. The van der Waals surface area contributed by atoms with Crippen molar-refractivity contribution in [2.24, 2.45) is 0 Å². The van der Waals surface area contributed by atoms with Crippen molar-refractivity contribution in [1.82, 2.24) is 0 Å². The molecule has 0 bridgehead atoms. The van der Waals surface area contributed by atoms with E-state index in [9.17, 15) is 4.79 Å². The molecule has 1 aromatic carbocycles. The minimum absolute atomic E-state index is 0.247. The molecule has 0 aliphatic heterocycles. The summed E-state index contributed by atoms with van der Waals surface area (Å²) in [4.78, 5) is 12.7. The highest BCUT2D eigenvalue weighted by Gasteiger charge is 2.08. The molecule has 2 aromatic rings. The van der Waals surface area contributed by atoms with Gasteiger partial charge in [-0.2, -0.15) is 0 Å². The molecule has 0 fully saturated rings. The van der Waals surface area contributed by atoms with E-state index >= 15 is 0 Å². The Bertz CT molecular complexity index is 490. The van der Waals surface area contributed by atoms with Gasteiger partial charge in [0.15, 0.2) is 5.78 Å². The van der Waals surface area contributed by atoms with Crippen molar-refractivity contribution < 1.29 is 4.79 Å². The highest BCUT2D eigenvalue weighted by molar-refractivity contribution is 9.11. The highest BCUT2D eigenvalue weighted by Crippen LogP contribution is 2.23. The Kier molecular flexibility index (Phi) is 4.51. The van der Waals surface area contributed by atoms with E-state index in [0.717, 1.165) is 21.5 Å². The van der Waals surface area contributed by atoms with E-state index in [-0.39, 0.29) is 5.78 Å². The molecule has 88 valence electrons. The summed E-state index contributed by atoms with van der Waals surface area (Å²) in [5, 5.41) is 0. The first-order valence-corrected chi connectivity index (χ1v) is 7.19. The highest BCUT2D eigenvalue weighted by atomic mass is 79.9. The summed E-state index contributed by atoms with van der Waals surface area (Å²) in [5.41, 5.74) is 1.30. The number of aryl methyl sites for hydroxylation is 1. The lowest BCUT2D eigenvalue weighted by molar-refractivity contribution is 0.0984. The van der Waals surface area contributed by atoms with Gasteiger partial charge in [-0.25, -0.2) is 0 Å². The molecule has 0 saturated carbocycles. The molecular weight excluding hydrogens is 296 g/mol. The van der Waals surface area contributed by atoms with Crippen LogP contribution < -0.4 is 0 Å². The predicted octanol–water partition coefficient (Wildman–Crippen LogP) is 4.72. The average molecular weight is 309 g/mol. The van der Waals surface area contributed by atoms with Gasteiger partial charge >= 0.3 is 0 Å². The summed E-state index contributed by atoms with van der Waals surface area (Å²) < 4.78 is 1.02. The van der Waals surface area contributed by atoms with Crippen molar-refractivity contribution in [3.63, 3.8) is 0 Å². The third-order valence-corrected chi connectivity index (χ3v) is 4.22. The van der Waals surface area contributed by atoms with E-state index in [2.05, 4.69) is 28.1 Å². The lowest BCUT2D eigenvalue weighted by Crippen LogP contribution is -1.97. The Morgan fingerprint density at radius 2 is 1.88 bits per heavy atom. The van der Waals surface area contributed by atoms with Crippen molar-refractivity contribution in [1.29, 1.82) is 0 Å². The largest absolute Gasteiger partial charge is 0.293 e. The van der Waals surface area contributed by atoms with Gasteiger partial charge in [0.05, 0.1) is 8.66 Å². The van der Waals surface area contributed by atoms with Crippen LogP contribution in [0.25, 0.3) is 0 Å². The zero-order valence-corrected chi connectivity index (χ0v) is 11.8. The summed E-state index contributed by atoms with van der Waals surface area (Å²) in [6.45, 7) is 0. The van der Waals surface area contributed by atoms with Gasteiger partial charge in [0.25, 0.3) is 0 Å². The second-order valence-electron chi connectivity index (χ2n) is 3.87. The molecular formula is C14H13BrOS. The van der Waals surface area contributed by atoms with Gasteiger partial charge in [-0.3, -0.25) is 4.79 Å². The van der Waals surface area contributed by atoms with Crippen molar-refractivity contribution in [3.8, 4) is 0 Å². The van der Waals surface area contributed by atoms with Gasteiger partial charge < -0.3 is 0 Å². The predicted molar refractivity (Wildman–Crippen MR) is 75.7 cm³/mol. The van der Waals surface area contributed by atoms with Crippen LogP contribution in [0.1, 0.15) is 28.1 Å². The van der Waals surface area contributed by atoms with E-state index in [4.69, 9.17) is 0 Å². The smallest absolute Gasteiger partial charge is 0.172 e. The number of halogens is 1. The zero-order valence-electron chi connectivity index (χ0n) is 9.36. The molecule has 0 amide bonds. The maximum Gasteiger partial charge on any atom is 0.172 e. The van der Waals surface area contributed by atoms with Crippen LogP contribution in [0.15, 0.2) is 46.3 Å². The summed E-state index contributed by atoms with van der Waals surface area (Å²) in [7, 11) is 0. The molecule has 17 heavy (non-hydrogen) atoms. The lowest BCUT2D eigenvalue weighted by Gasteiger charge is -2.00. The molecule has 0 aliphatic rings. The summed E-state index contributed by atoms with van der Waals surface area (Å²) >= 11 is 4.88. The van der Waals surface area contributed by atoms with Gasteiger partial charge in [-0.15, -0.1) is 11.3 Å². The van der Waals surface area contributed by atoms with Crippen molar-refractivity contribution in [2.45, 2.75) is 19.3 Å². The Hall–Kier alpha value is -0.930. The maximum atomic E-state index is 11.8. The normalized spacial score (nSPS) is 10.4. The van der Waals surface area contributed by atoms with Crippen LogP contribution in [-0.2, 0) is 6.42 Å². The first kappa shape index (κ1) is 12.5. The van der Waals surface area contributed by atoms with E-state index in [1.807, 2.05) is 30.3 Å². The first-order valence-electron chi connectivity index (χ1n) is 5.58. The molecule has 0 atom stereocenters. The molecule has 0 N–H and O–H groups in total. The standard InChI is InChI=1S/C14H13BrOS/c15-14-10-9-13(17-14)12(16)8-4-7-11-5-2-1-3-6-11/h1-3,5-6,9-10H,4,7-8H2. The lowest BCUT2D eigenvalue weighted by atomic mass is 10.1. The topological polar surface area (TPSA) is 17.1 Å². The number of carbonyl (C=O) groups is 1. The van der Waals surface area contributed by atoms with Gasteiger partial charge in [0.2, 0.25) is 0 Å². The molecule has 0 unspecified atom stereocenters. The van der Waals surface area contributed by atoms with E-state index in [1.54, 1.807) is 0 Å². The first-order chi connectivity index (χ1) is 8.25. The molecule has 1 nitrogen and oxygen atoms in total. The summed E-state index contributed by atoms with van der Waals surface area (Å²) in [5.74, 6) is 0.247. The number of carbonyl (C=O) groups excluding carboxylic acids is 1. The fraction of sp³-hybridized carbons (Fsp3) is 0.214. The van der Waals surface area contributed by atoms with Crippen molar-refractivity contribution in [2.75, 3.05) is 0 Å². The van der Waals surface area contributed by atoms with Crippen LogP contribution in [-0.4, -0.2) is 5.78 Å². The Morgan fingerprint density at radius 1 is 1.12 bits per heavy atom. The minimum Gasteiger partial charge on any atom is -0.293 e. The van der Waals surface area contributed by atoms with Crippen LogP contribution in [0.4, 0.5) is 0 Å². The van der Waals surface area contributed by atoms with Gasteiger partial charge in [-0.1, -0.05) is 30.3 Å². The number of rotatable bonds is 5. The number of benzene rings is 1. The fourth-order valence-corrected chi connectivity index (χ4v) is 3.04. The molecule has 2 rings (SSSR count). The van der Waals surface area contributed by atoms with Crippen LogP contribution >= 0.6 is 27.3 Å². The van der Waals surface area contributed by atoms with Gasteiger partial charge in [0, 0.05) is 6.42 Å². The summed E-state index contributed by atoms with van der Waals surface area (Å²) in [6.07, 6.45) is 2.51. The van der Waals surface area contributed by atoms with Crippen LogP contribution in [0.5, 0.6) is 0 Å². The summed E-state index contributed by atoms with van der Waals surface area (Å²) in [6, 6.07) is 14.1. The quantitative estimate of drug-likeness (QED) is 0.731. The number of thiophene rings is 1. The molecule has 0 aliphatic carbocycles. The number of hydrogen-bond donors (Lipinski definition) is 0. The van der Waals surface area contributed by atoms with E-state index in [0.29, 0.717) is 6.42 Å². The second kappa shape index (κ2) is 6.12. The average Bonchev–Trinajstić information content (AvgIpc) is 2.77. The number of hydrogen-bond acceptors (Lipinski definition) is 2. The van der Waals surface area contributed by atoms with Crippen LogP contribution in [0, 0.1) is 0 Å². The van der Waals surface area contributed by atoms with Crippen LogP contribution in [0.2, 0.25) is 0 Å². The molecule has 3 heteroatoms. The van der Waals surface area contributed by atoms with Crippen molar-refractivity contribution >= 4 is 33.0 Å². The minimum atomic E-state index is 0.247. The third-order valence-electron chi connectivity index (χ3n) is 2.56. The Labute approximate surface area is 114 Å². The third kappa shape index (κ3) is 3.79.